The average Bonchev–Trinajstić information content (AvgIpc) is 2.98. The van der Waals surface area contributed by atoms with Crippen molar-refractivity contribution >= 4 is 0 Å². The number of benzene rings is 1. The van der Waals surface area contributed by atoms with Gasteiger partial charge < -0.3 is 25.1 Å². The maximum absolute atomic E-state index is 10.1. The van der Waals surface area contributed by atoms with Gasteiger partial charge in [-0.15, -0.1) is 0 Å². The van der Waals surface area contributed by atoms with Crippen LogP contribution in [0.25, 0.3) is 0 Å². The molecule has 0 saturated carbocycles. The largest absolute Gasteiger partial charge is 0.504 e. The lowest BCUT2D eigenvalue weighted by molar-refractivity contribution is 0.180. The number of nitriles is 1. The molecule has 1 aliphatic rings. The van der Waals surface area contributed by atoms with Gasteiger partial charge in [0.25, 0.3) is 0 Å². The van der Waals surface area contributed by atoms with Crippen LogP contribution in [0.4, 0.5) is 0 Å². The van der Waals surface area contributed by atoms with Gasteiger partial charge >= 0.3 is 0 Å². The summed E-state index contributed by atoms with van der Waals surface area (Å²) in [5.74, 6) is 0.246. The van der Waals surface area contributed by atoms with E-state index >= 15 is 0 Å². The molecule has 3 rings (SSSR count). The second-order valence-electron chi connectivity index (χ2n) is 5.66. The molecule has 8 nitrogen and oxygen atoms in total. The van der Waals surface area contributed by atoms with E-state index in [2.05, 4.69) is 16.3 Å². The summed E-state index contributed by atoms with van der Waals surface area (Å²) >= 11 is 0. The number of H-pyrrole nitrogens is 1. The number of nitrogens with two attached hydrogens (primary N) is 1. The van der Waals surface area contributed by atoms with Crippen LogP contribution in [-0.2, 0) is 11.3 Å². The van der Waals surface area contributed by atoms with Gasteiger partial charge in [-0.05, 0) is 24.1 Å². The predicted molar refractivity (Wildman–Crippen MR) is 88.0 cm³/mol. The van der Waals surface area contributed by atoms with Crippen molar-refractivity contribution in [3.63, 3.8) is 0 Å². The predicted octanol–water partition coefficient (Wildman–Crippen LogP) is 1.80. The van der Waals surface area contributed by atoms with E-state index < -0.39 is 5.92 Å². The zero-order chi connectivity index (χ0) is 18.1. The number of phenols is 1. The third kappa shape index (κ3) is 2.64. The Labute approximate surface area is 144 Å². The highest BCUT2D eigenvalue weighted by Crippen LogP contribution is 2.45. The summed E-state index contributed by atoms with van der Waals surface area (Å²) in [6.45, 7) is 2.00. The van der Waals surface area contributed by atoms with E-state index in [9.17, 15) is 10.4 Å². The Morgan fingerprint density at radius 1 is 1.44 bits per heavy atom. The third-order valence-corrected chi connectivity index (χ3v) is 4.15. The Morgan fingerprint density at radius 3 is 2.84 bits per heavy atom. The molecule has 1 unspecified atom stereocenters. The van der Waals surface area contributed by atoms with Crippen LogP contribution < -0.4 is 15.2 Å². The van der Waals surface area contributed by atoms with E-state index in [4.69, 9.17) is 19.9 Å². The summed E-state index contributed by atoms with van der Waals surface area (Å²) in [6.07, 6.45) is 0. The first-order chi connectivity index (χ1) is 12.0. The molecular formula is C17H18N4O4. The quantitative estimate of drug-likeness (QED) is 0.773. The first-order valence-electron chi connectivity index (χ1n) is 7.52. The number of methoxy groups -OCH3 is 2. The highest BCUT2D eigenvalue weighted by Gasteiger charge is 2.35. The SMILES string of the molecule is COCc1n[nH]c2c1C(c1cc(C)c(O)c(OC)c1)C(C#N)=C(N)O2. The third-order valence-electron chi connectivity index (χ3n) is 4.15. The monoisotopic (exact) mass is 342 g/mol. The molecule has 2 heterocycles. The molecule has 8 heteroatoms. The van der Waals surface area contributed by atoms with Gasteiger partial charge in [0.05, 0.1) is 30.9 Å². The van der Waals surface area contributed by atoms with Crippen LogP contribution >= 0.6 is 0 Å². The first kappa shape index (κ1) is 16.7. The number of aromatic amines is 1. The van der Waals surface area contributed by atoms with Crippen LogP contribution in [0, 0.1) is 18.3 Å². The van der Waals surface area contributed by atoms with Crippen LogP contribution in [0.2, 0.25) is 0 Å². The zero-order valence-corrected chi connectivity index (χ0v) is 14.1. The Bertz CT molecular complexity index is 895. The molecule has 0 aliphatic carbocycles. The number of phenolic OH excluding ortho intramolecular Hbond substituents is 1. The molecule has 0 amide bonds. The summed E-state index contributed by atoms with van der Waals surface area (Å²) in [4.78, 5) is 0. The molecule has 0 spiro atoms. The van der Waals surface area contributed by atoms with Crippen molar-refractivity contribution in [2.75, 3.05) is 14.2 Å². The fraction of sp³-hybridized carbons (Fsp3) is 0.294. The van der Waals surface area contributed by atoms with Gasteiger partial charge in [-0.1, -0.05) is 6.07 Å². The molecule has 0 saturated heterocycles. The lowest BCUT2D eigenvalue weighted by Gasteiger charge is -2.25. The Morgan fingerprint density at radius 2 is 2.20 bits per heavy atom. The molecular weight excluding hydrogens is 324 g/mol. The highest BCUT2D eigenvalue weighted by molar-refractivity contribution is 5.58. The van der Waals surface area contributed by atoms with Crippen molar-refractivity contribution in [2.45, 2.75) is 19.4 Å². The number of ether oxygens (including phenoxy) is 3. The van der Waals surface area contributed by atoms with Crippen LogP contribution in [0.5, 0.6) is 17.4 Å². The van der Waals surface area contributed by atoms with Crippen molar-refractivity contribution in [2.24, 2.45) is 5.73 Å². The smallest absolute Gasteiger partial charge is 0.221 e. The molecule has 0 radical (unpaired) electrons. The molecule has 1 aliphatic heterocycles. The van der Waals surface area contributed by atoms with Crippen molar-refractivity contribution in [3.8, 4) is 23.4 Å². The second kappa shape index (κ2) is 6.37. The average molecular weight is 342 g/mol. The molecule has 25 heavy (non-hydrogen) atoms. The summed E-state index contributed by atoms with van der Waals surface area (Å²) in [5.41, 5.74) is 8.84. The highest BCUT2D eigenvalue weighted by atomic mass is 16.5. The number of nitrogens with zero attached hydrogens (tertiary/aromatic N) is 2. The van der Waals surface area contributed by atoms with Gasteiger partial charge in [0.2, 0.25) is 11.8 Å². The molecule has 1 atom stereocenters. The standard InChI is InChI=1S/C17H18N4O4/c1-8-4-9(5-12(24-3)15(8)22)13-10(6-18)16(19)25-17-14(13)11(7-23-2)20-21-17/h4-5,13,22H,7,19H2,1-3H3,(H,20,21). The molecule has 130 valence electrons. The Hall–Kier alpha value is -3.18. The summed E-state index contributed by atoms with van der Waals surface area (Å²) in [6, 6.07) is 5.58. The maximum Gasteiger partial charge on any atom is 0.221 e. The van der Waals surface area contributed by atoms with E-state index in [0.717, 1.165) is 5.56 Å². The first-order valence-corrected chi connectivity index (χ1v) is 7.52. The Balaban J connectivity index is 2.25. The molecule has 0 fully saturated rings. The van der Waals surface area contributed by atoms with Crippen LogP contribution in [-0.4, -0.2) is 29.5 Å². The van der Waals surface area contributed by atoms with Gasteiger partial charge in [0, 0.05) is 7.11 Å². The van der Waals surface area contributed by atoms with Crippen LogP contribution in [0.15, 0.2) is 23.6 Å². The number of hydrogen-bond acceptors (Lipinski definition) is 7. The number of aromatic hydroxyl groups is 1. The van der Waals surface area contributed by atoms with Gasteiger partial charge in [-0.3, -0.25) is 0 Å². The summed E-state index contributed by atoms with van der Waals surface area (Å²) < 4.78 is 15.9. The second-order valence-corrected chi connectivity index (χ2v) is 5.66. The van der Waals surface area contributed by atoms with Crippen LogP contribution in [0.3, 0.4) is 0 Å². The number of allylic oxidation sites excluding steroid dienone is 1. The van der Waals surface area contributed by atoms with E-state index in [1.54, 1.807) is 26.2 Å². The summed E-state index contributed by atoms with van der Waals surface area (Å²) in [5, 5.41) is 26.7. The van der Waals surface area contributed by atoms with Crippen molar-refractivity contribution in [3.05, 3.63) is 46.0 Å². The zero-order valence-electron chi connectivity index (χ0n) is 14.1. The number of hydrogen-bond donors (Lipinski definition) is 3. The lowest BCUT2D eigenvalue weighted by atomic mass is 9.83. The van der Waals surface area contributed by atoms with Gasteiger partial charge in [0.15, 0.2) is 11.5 Å². The van der Waals surface area contributed by atoms with Crippen molar-refractivity contribution < 1.29 is 19.3 Å². The fourth-order valence-electron chi connectivity index (χ4n) is 2.99. The van der Waals surface area contributed by atoms with E-state index in [0.29, 0.717) is 28.5 Å². The number of fused-ring (bicyclic) bond motifs is 1. The lowest BCUT2D eigenvalue weighted by Crippen LogP contribution is -2.21. The minimum atomic E-state index is -0.508. The number of aryl methyl sites for hydroxylation is 1. The van der Waals surface area contributed by atoms with Gasteiger partial charge in [-0.25, -0.2) is 5.10 Å². The van der Waals surface area contributed by atoms with Crippen molar-refractivity contribution in [1.29, 1.82) is 5.26 Å². The molecule has 0 bridgehead atoms. The molecule has 4 N–H and O–H groups in total. The molecule has 1 aromatic carbocycles. The van der Waals surface area contributed by atoms with Crippen molar-refractivity contribution in [1.82, 2.24) is 10.2 Å². The maximum atomic E-state index is 10.1. The van der Waals surface area contributed by atoms with E-state index in [1.165, 1.54) is 7.11 Å². The van der Waals surface area contributed by atoms with Crippen LogP contribution in [0.1, 0.15) is 28.3 Å². The summed E-state index contributed by atoms with van der Waals surface area (Å²) in [7, 11) is 3.03. The molecule has 1 aromatic heterocycles. The Kier molecular flexibility index (Phi) is 4.25. The van der Waals surface area contributed by atoms with E-state index in [-0.39, 0.29) is 23.8 Å². The van der Waals surface area contributed by atoms with Gasteiger partial charge in [0.1, 0.15) is 11.6 Å². The minimum Gasteiger partial charge on any atom is -0.504 e. The minimum absolute atomic E-state index is 0.0114. The fourth-order valence-corrected chi connectivity index (χ4v) is 2.99. The van der Waals surface area contributed by atoms with E-state index in [1.807, 2.05) is 0 Å². The topological polar surface area (TPSA) is 126 Å². The number of nitrogens with one attached hydrogen (secondary N) is 1. The van der Waals surface area contributed by atoms with Gasteiger partial charge in [-0.2, -0.15) is 10.4 Å². The number of rotatable bonds is 4. The number of aromatic nitrogens is 2. The molecule has 2 aromatic rings. The normalized spacial score (nSPS) is 16.2.